The van der Waals surface area contributed by atoms with Crippen LogP contribution in [0.1, 0.15) is 66.2 Å². The summed E-state index contributed by atoms with van der Waals surface area (Å²) in [6, 6.07) is 1.16. The van der Waals surface area contributed by atoms with Crippen LogP contribution in [0.15, 0.2) is 4.99 Å². The fraction of sp³-hybridized carbons (Fsp3) is 0.895. The normalized spacial score (nSPS) is 11.7. The molecule has 0 aromatic rings. The lowest BCUT2D eigenvalue weighted by Crippen LogP contribution is -2.41. The monoisotopic (exact) mass is 484 g/mol. The zero-order valence-electron chi connectivity index (χ0n) is 17.6. The van der Waals surface area contributed by atoms with Gasteiger partial charge in [-0.1, -0.05) is 12.8 Å². The summed E-state index contributed by atoms with van der Waals surface area (Å²) < 4.78 is 4.63. The number of unbranched alkanes of at least 4 members (excludes halogenated alkanes) is 3. The summed E-state index contributed by atoms with van der Waals surface area (Å²) in [7, 11) is 3.24. The van der Waals surface area contributed by atoms with E-state index >= 15 is 0 Å². The van der Waals surface area contributed by atoms with E-state index in [1.54, 1.807) is 7.05 Å². The number of aliphatic imine (C=N–C) groups is 1. The Balaban J connectivity index is 0. The second-order valence-corrected chi connectivity index (χ2v) is 6.94. The third-order valence-corrected chi connectivity index (χ3v) is 4.26. The number of carbonyl (C=O) groups excluding carboxylic acids is 1. The van der Waals surface area contributed by atoms with E-state index in [1.165, 1.54) is 7.11 Å². The zero-order valence-corrected chi connectivity index (χ0v) is 20.0. The molecule has 0 atom stereocenters. The molecule has 0 rings (SSSR count). The van der Waals surface area contributed by atoms with Gasteiger partial charge in [0.1, 0.15) is 0 Å². The number of halogens is 1. The number of rotatable bonds is 13. The highest BCUT2D eigenvalue weighted by Gasteiger charge is 2.12. The Morgan fingerprint density at radius 3 is 2.00 bits per heavy atom. The summed E-state index contributed by atoms with van der Waals surface area (Å²) >= 11 is 0. The second kappa shape index (κ2) is 17.8. The van der Waals surface area contributed by atoms with E-state index in [-0.39, 0.29) is 29.9 Å². The predicted molar refractivity (Wildman–Crippen MR) is 121 cm³/mol. The molecule has 0 saturated carbocycles. The lowest BCUT2D eigenvalue weighted by Gasteiger charge is -2.30. The van der Waals surface area contributed by atoms with Gasteiger partial charge in [0.2, 0.25) is 0 Å². The molecule has 0 bridgehead atoms. The lowest BCUT2D eigenvalue weighted by molar-refractivity contribution is -0.140. The number of guanidine groups is 1. The minimum atomic E-state index is -0.115. The topological polar surface area (TPSA) is 66.0 Å². The number of ether oxygens (including phenoxy) is 1. The molecule has 26 heavy (non-hydrogen) atoms. The van der Waals surface area contributed by atoms with Crippen molar-refractivity contribution in [1.82, 2.24) is 15.5 Å². The van der Waals surface area contributed by atoms with Gasteiger partial charge in [-0.3, -0.25) is 14.7 Å². The van der Waals surface area contributed by atoms with Crippen molar-refractivity contribution < 1.29 is 9.53 Å². The highest BCUT2D eigenvalue weighted by atomic mass is 127. The van der Waals surface area contributed by atoms with Crippen molar-refractivity contribution in [3.63, 3.8) is 0 Å². The number of hydrogen-bond donors (Lipinski definition) is 2. The molecule has 0 aliphatic rings. The van der Waals surface area contributed by atoms with Crippen LogP contribution in [0.5, 0.6) is 0 Å². The first-order chi connectivity index (χ1) is 11.9. The van der Waals surface area contributed by atoms with Crippen LogP contribution in [0.25, 0.3) is 0 Å². The Morgan fingerprint density at radius 1 is 0.962 bits per heavy atom. The van der Waals surface area contributed by atoms with E-state index in [0.717, 1.165) is 57.7 Å². The first-order valence-electron chi connectivity index (χ1n) is 9.69. The Kier molecular flexibility index (Phi) is 19.0. The fourth-order valence-corrected chi connectivity index (χ4v) is 2.86. The largest absolute Gasteiger partial charge is 0.469 e. The average molecular weight is 484 g/mol. The van der Waals surface area contributed by atoms with Crippen molar-refractivity contribution in [3.8, 4) is 0 Å². The van der Waals surface area contributed by atoms with E-state index in [2.05, 4.69) is 53.0 Å². The quantitative estimate of drug-likeness (QED) is 0.138. The number of carbonyl (C=O) groups is 1. The number of nitrogens with zero attached hydrogens (tertiary/aromatic N) is 2. The molecule has 0 aliphatic heterocycles. The van der Waals surface area contributed by atoms with E-state index in [0.29, 0.717) is 18.5 Å². The first kappa shape index (κ1) is 27.6. The van der Waals surface area contributed by atoms with Gasteiger partial charge in [-0.2, -0.15) is 0 Å². The third kappa shape index (κ3) is 14.6. The van der Waals surface area contributed by atoms with Gasteiger partial charge in [-0.05, 0) is 47.0 Å². The van der Waals surface area contributed by atoms with Crippen molar-refractivity contribution in [3.05, 3.63) is 0 Å². The van der Waals surface area contributed by atoms with E-state index in [4.69, 9.17) is 0 Å². The molecule has 0 fully saturated rings. The molecule has 0 saturated heterocycles. The number of hydrogen-bond acceptors (Lipinski definition) is 4. The summed E-state index contributed by atoms with van der Waals surface area (Å²) in [6.45, 7) is 11.9. The molecule has 6 nitrogen and oxygen atoms in total. The van der Waals surface area contributed by atoms with Gasteiger partial charge >= 0.3 is 5.97 Å². The van der Waals surface area contributed by atoms with Crippen molar-refractivity contribution in [2.24, 2.45) is 4.99 Å². The van der Waals surface area contributed by atoms with Gasteiger partial charge in [0, 0.05) is 45.2 Å². The number of nitrogens with one attached hydrogen (secondary N) is 2. The summed E-state index contributed by atoms with van der Waals surface area (Å²) in [4.78, 5) is 17.8. The van der Waals surface area contributed by atoms with E-state index < -0.39 is 0 Å². The highest BCUT2D eigenvalue weighted by Crippen LogP contribution is 2.05. The highest BCUT2D eigenvalue weighted by molar-refractivity contribution is 14.0. The van der Waals surface area contributed by atoms with Crippen LogP contribution in [0.2, 0.25) is 0 Å². The molecule has 2 N–H and O–H groups in total. The standard InChI is InChI=1S/C19H40N4O2.HI/c1-16(2)23(17(3)4)15-11-14-22-19(20-5)21-13-10-8-7-9-12-18(24)25-6;/h16-17H,7-15H2,1-6H3,(H2,20,21,22);1H. The molecule has 0 radical (unpaired) electrons. The molecule has 0 aliphatic carbocycles. The minimum Gasteiger partial charge on any atom is -0.469 e. The average Bonchev–Trinajstić information content (AvgIpc) is 2.57. The maximum Gasteiger partial charge on any atom is 0.305 e. The van der Waals surface area contributed by atoms with Gasteiger partial charge in [0.05, 0.1) is 7.11 Å². The van der Waals surface area contributed by atoms with Crippen molar-refractivity contribution >= 4 is 35.9 Å². The molecule has 0 unspecified atom stereocenters. The Morgan fingerprint density at radius 2 is 1.50 bits per heavy atom. The van der Waals surface area contributed by atoms with Crippen molar-refractivity contribution in [1.29, 1.82) is 0 Å². The minimum absolute atomic E-state index is 0. The SMILES string of the molecule is CN=C(NCCCCCCC(=O)OC)NCCCN(C(C)C)C(C)C.I. The first-order valence-corrected chi connectivity index (χ1v) is 9.69. The van der Waals surface area contributed by atoms with E-state index in [9.17, 15) is 4.79 Å². The summed E-state index contributed by atoms with van der Waals surface area (Å²) in [6.07, 6.45) is 5.78. The Bertz CT molecular complexity index is 369. The molecule has 0 aromatic carbocycles. The number of methoxy groups -OCH3 is 1. The van der Waals surface area contributed by atoms with Crippen LogP contribution in [0.3, 0.4) is 0 Å². The third-order valence-electron chi connectivity index (χ3n) is 4.26. The van der Waals surface area contributed by atoms with Crippen LogP contribution >= 0.6 is 24.0 Å². The fourth-order valence-electron chi connectivity index (χ4n) is 2.86. The van der Waals surface area contributed by atoms with E-state index in [1.807, 2.05) is 0 Å². The summed E-state index contributed by atoms with van der Waals surface area (Å²) in [5, 5.41) is 6.73. The van der Waals surface area contributed by atoms with Crippen LogP contribution in [0.4, 0.5) is 0 Å². The van der Waals surface area contributed by atoms with Crippen molar-refractivity contribution in [2.75, 3.05) is 33.8 Å². The van der Waals surface area contributed by atoms with Gasteiger partial charge in [0.25, 0.3) is 0 Å². The predicted octanol–water partition coefficient (Wildman–Crippen LogP) is 3.40. The van der Waals surface area contributed by atoms with Gasteiger partial charge in [0.15, 0.2) is 5.96 Å². The molecule has 0 aromatic heterocycles. The zero-order chi connectivity index (χ0) is 19.1. The number of esters is 1. The summed E-state index contributed by atoms with van der Waals surface area (Å²) in [5.74, 6) is 0.756. The molecular formula is C19H41IN4O2. The summed E-state index contributed by atoms with van der Waals surface area (Å²) in [5.41, 5.74) is 0. The Hall–Kier alpha value is -0.570. The molecule has 0 spiro atoms. The van der Waals surface area contributed by atoms with Crippen LogP contribution < -0.4 is 10.6 Å². The van der Waals surface area contributed by atoms with Crippen LogP contribution in [-0.4, -0.2) is 62.7 Å². The van der Waals surface area contributed by atoms with Crippen LogP contribution in [0, 0.1) is 0 Å². The van der Waals surface area contributed by atoms with Gasteiger partial charge < -0.3 is 15.4 Å². The second-order valence-electron chi connectivity index (χ2n) is 6.94. The molecule has 156 valence electrons. The van der Waals surface area contributed by atoms with Crippen LogP contribution in [-0.2, 0) is 9.53 Å². The van der Waals surface area contributed by atoms with Gasteiger partial charge in [-0.15, -0.1) is 24.0 Å². The maximum atomic E-state index is 11.0. The van der Waals surface area contributed by atoms with Crippen molar-refractivity contribution in [2.45, 2.75) is 78.3 Å². The molecule has 0 heterocycles. The smallest absolute Gasteiger partial charge is 0.305 e. The molecular weight excluding hydrogens is 443 g/mol. The molecule has 0 amide bonds. The van der Waals surface area contributed by atoms with Gasteiger partial charge in [-0.25, -0.2) is 0 Å². The Labute approximate surface area is 177 Å². The lowest BCUT2D eigenvalue weighted by atomic mass is 10.1. The maximum absolute atomic E-state index is 11.0. The molecule has 7 heteroatoms.